The van der Waals surface area contributed by atoms with Crippen molar-refractivity contribution in [3.63, 3.8) is 0 Å². The van der Waals surface area contributed by atoms with E-state index < -0.39 is 6.04 Å². The molecule has 0 aliphatic rings. The van der Waals surface area contributed by atoms with Crippen LogP contribution in [0, 0.1) is 12.7 Å². The third-order valence-electron chi connectivity index (χ3n) is 2.88. The number of halogens is 1. The van der Waals surface area contributed by atoms with E-state index in [9.17, 15) is 4.39 Å². The lowest BCUT2D eigenvalue weighted by Gasteiger charge is -2.12. The smallest absolute Gasteiger partial charge is 0.168 e. The second kappa shape index (κ2) is 5.75. The van der Waals surface area contributed by atoms with E-state index in [-0.39, 0.29) is 11.6 Å². The molecule has 0 spiro atoms. The zero-order valence-electron chi connectivity index (χ0n) is 10.9. The minimum atomic E-state index is -0.394. The Balaban J connectivity index is 2.19. The fourth-order valence-corrected chi connectivity index (χ4v) is 1.81. The molecule has 1 aromatic heterocycles. The largest absolute Gasteiger partial charge is 0.494 e. The molecule has 1 unspecified atom stereocenters. The normalized spacial score (nSPS) is 12.2. The van der Waals surface area contributed by atoms with Crippen LogP contribution in [0.1, 0.15) is 23.0 Å². The fourth-order valence-electron chi connectivity index (χ4n) is 1.81. The molecule has 2 N–H and O–H groups in total. The second-order valence-electron chi connectivity index (χ2n) is 4.33. The van der Waals surface area contributed by atoms with E-state index in [0.29, 0.717) is 17.7 Å². The Labute approximate surface area is 111 Å². The fraction of sp³-hybridized carbons (Fsp3) is 0.286. The van der Waals surface area contributed by atoms with Gasteiger partial charge in [-0.05, 0) is 25.0 Å². The quantitative estimate of drug-likeness (QED) is 0.916. The van der Waals surface area contributed by atoms with Gasteiger partial charge in [-0.2, -0.15) is 0 Å². The third kappa shape index (κ3) is 3.06. The monoisotopic (exact) mass is 261 g/mol. The minimum absolute atomic E-state index is 0.222. The zero-order chi connectivity index (χ0) is 13.8. The standard InChI is InChI=1S/C14H16FN3O/c1-9-7-18-12(8-17-9)11(16)6-10-4-3-5-13(19-2)14(10)15/h3-5,7-8,11H,6,16H2,1-2H3. The van der Waals surface area contributed by atoms with Gasteiger partial charge in [0.15, 0.2) is 11.6 Å². The minimum Gasteiger partial charge on any atom is -0.494 e. The maximum Gasteiger partial charge on any atom is 0.168 e. The Morgan fingerprint density at radius 3 is 2.74 bits per heavy atom. The van der Waals surface area contributed by atoms with Crippen LogP contribution in [0.3, 0.4) is 0 Å². The van der Waals surface area contributed by atoms with Crippen molar-refractivity contribution < 1.29 is 9.13 Å². The van der Waals surface area contributed by atoms with Gasteiger partial charge in [0.1, 0.15) is 0 Å². The molecule has 1 atom stereocenters. The molecule has 19 heavy (non-hydrogen) atoms. The lowest BCUT2D eigenvalue weighted by molar-refractivity contribution is 0.383. The van der Waals surface area contributed by atoms with Crippen molar-refractivity contribution in [1.29, 1.82) is 0 Å². The first kappa shape index (κ1) is 13.4. The van der Waals surface area contributed by atoms with Gasteiger partial charge in [-0.3, -0.25) is 9.97 Å². The molecule has 5 heteroatoms. The first-order valence-corrected chi connectivity index (χ1v) is 5.97. The van der Waals surface area contributed by atoms with E-state index in [1.165, 1.54) is 7.11 Å². The summed E-state index contributed by atoms with van der Waals surface area (Å²) < 4.78 is 18.9. The van der Waals surface area contributed by atoms with Gasteiger partial charge in [-0.15, -0.1) is 0 Å². The molecule has 0 bridgehead atoms. The maximum atomic E-state index is 14.0. The molecule has 0 fully saturated rings. The third-order valence-corrected chi connectivity index (χ3v) is 2.88. The first-order chi connectivity index (χ1) is 9.11. The zero-order valence-corrected chi connectivity index (χ0v) is 10.9. The molecule has 2 aromatic rings. The molecule has 0 aliphatic heterocycles. The molecule has 0 aliphatic carbocycles. The van der Waals surface area contributed by atoms with E-state index in [4.69, 9.17) is 10.5 Å². The summed E-state index contributed by atoms with van der Waals surface area (Å²) in [5, 5.41) is 0. The molecule has 100 valence electrons. The average molecular weight is 261 g/mol. The van der Waals surface area contributed by atoms with Gasteiger partial charge < -0.3 is 10.5 Å². The van der Waals surface area contributed by atoms with Gasteiger partial charge in [-0.1, -0.05) is 12.1 Å². The van der Waals surface area contributed by atoms with Crippen molar-refractivity contribution in [3.05, 3.63) is 53.4 Å². The summed E-state index contributed by atoms with van der Waals surface area (Å²) in [6.45, 7) is 1.85. The summed E-state index contributed by atoms with van der Waals surface area (Å²) >= 11 is 0. The number of ether oxygens (including phenoxy) is 1. The van der Waals surface area contributed by atoms with Crippen molar-refractivity contribution in [2.45, 2.75) is 19.4 Å². The lowest BCUT2D eigenvalue weighted by Crippen LogP contribution is -2.16. The Bertz CT molecular complexity index is 557. The molecule has 0 saturated heterocycles. The van der Waals surface area contributed by atoms with E-state index in [0.717, 1.165) is 5.69 Å². The summed E-state index contributed by atoms with van der Waals surface area (Å²) in [4.78, 5) is 8.34. The van der Waals surface area contributed by atoms with Gasteiger partial charge in [0.05, 0.1) is 30.7 Å². The van der Waals surface area contributed by atoms with Crippen LogP contribution >= 0.6 is 0 Å². The molecule has 0 amide bonds. The number of hydrogen-bond acceptors (Lipinski definition) is 4. The van der Waals surface area contributed by atoms with Crippen LogP contribution in [0.4, 0.5) is 4.39 Å². The van der Waals surface area contributed by atoms with Crippen LogP contribution < -0.4 is 10.5 Å². The van der Waals surface area contributed by atoms with E-state index in [1.807, 2.05) is 6.92 Å². The number of aryl methyl sites for hydroxylation is 1. The average Bonchev–Trinajstić information content (AvgIpc) is 2.42. The van der Waals surface area contributed by atoms with Crippen molar-refractivity contribution in [2.24, 2.45) is 5.73 Å². The van der Waals surface area contributed by atoms with Crippen molar-refractivity contribution >= 4 is 0 Å². The topological polar surface area (TPSA) is 61.0 Å². The number of rotatable bonds is 4. The first-order valence-electron chi connectivity index (χ1n) is 5.97. The SMILES string of the molecule is COc1cccc(CC(N)c2cnc(C)cn2)c1F. The van der Waals surface area contributed by atoms with Crippen LogP contribution in [0.15, 0.2) is 30.6 Å². The molecule has 2 rings (SSSR count). The lowest BCUT2D eigenvalue weighted by atomic mass is 10.0. The van der Waals surface area contributed by atoms with Crippen LogP contribution in [0.25, 0.3) is 0 Å². The molecular formula is C14H16FN3O. The Kier molecular flexibility index (Phi) is 4.06. The Hall–Kier alpha value is -2.01. The number of aromatic nitrogens is 2. The van der Waals surface area contributed by atoms with Crippen LogP contribution in [-0.4, -0.2) is 17.1 Å². The van der Waals surface area contributed by atoms with Gasteiger partial charge in [0.2, 0.25) is 0 Å². The number of nitrogens with zero attached hydrogens (tertiary/aromatic N) is 2. The summed E-state index contributed by atoms with van der Waals surface area (Å²) in [5.74, 6) is -0.153. The number of nitrogens with two attached hydrogens (primary N) is 1. The number of hydrogen-bond donors (Lipinski definition) is 1. The summed E-state index contributed by atoms with van der Waals surface area (Å²) in [6.07, 6.45) is 3.62. The van der Waals surface area contributed by atoms with Gasteiger partial charge in [0.25, 0.3) is 0 Å². The molecule has 4 nitrogen and oxygen atoms in total. The molecule has 0 radical (unpaired) electrons. The highest BCUT2D eigenvalue weighted by Gasteiger charge is 2.14. The van der Waals surface area contributed by atoms with Crippen molar-refractivity contribution in [1.82, 2.24) is 9.97 Å². The highest BCUT2D eigenvalue weighted by molar-refractivity contribution is 5.32. The van der Waals surface area contributed by atoms with Gasteiger partial charge in [0, 0.05) is 6.20 Å². The maximum absolute atomic E-state index is 14.0. The highest BCUT2D eigenvalue weighted by atomic mass is 19.1. The molecular weight excluding hydrogens is 245 g/mol. The summed E-state index contributed by atoms with van der Waals surface area (Å²) in [5.41, 5.74) is 8.00. The van der Waals surface area contributed by atoms with E-state index in [1.54, 1.807) is 30.6 Å². The summed E-state index contributed by atoms with van der Waals surface area (Å²) in [6, 6.07) is 4.62. The van der Waals surface area contributed by atoms with Crippen LogP contribution in [0.5, 0.6) is 5.75 Å². The Morgan fingerprint density at radius 1 is 1.32 bits per heavy atom. The van der Waals surface area contributed by atoms with Crippen LogP contribution in [-0.2, 0) is 6.42 Å². The van der Waals surface area contributed by atoms with Gasteiger partial charge >= 0.3 is 0 Å². The predicted molar refractivity (Wildman–Crippen MR) is 70.4 cm³/mol. The Morgan fingerprint density at radius 2 is 2.11 bits per heavy atom. The second-order valence-corrected chi connectivity index (χ2v) is 4.33. The van der Waals surface area contributed by atoms with E-state index >= 15 is 0 Å². The summed E-state index contributed by atoms with van der Waals surface area (Å²) in [7, 11) is 1.44. The molecule has 1 heterocycles. The van der Waals surface area contributed by atoms with Crippen molar-refractivity contribution in [2.75, 3.05) is 7.11 Å². The predicted octanol–water partition coefficient (Wildman–Crippen LogP) is 2.18. The molecule has 1 aromatic carbocycles. The highest BCUT2D eigenvalue weighted by Crippen LogP contribution is 2.23. The number of benzene rings is 1. The molecule has 0 saturated carbocycles. The van der Waals surface area contributed by atoms with Crippen LogP contribution in [0.2, 0.25) is 0 Å². The number of methoxy groups -OCH3 is 1. The van der Waals surface area contributed by atoms with E-state index in [2.05, 4.69) is 9.97 Å². The van der Waals surface area contributed by atoms with Crippen molar-refractivity contribution in [3.8, 4) is 5.75 Å². The van der Waals surface area contributed by atoms with Gasteiger partial charge in [-0.25, -0.2) is 4.39 Å².